The summed E-state index contributed by atoms with van der Waals surface area (Å²) in [5.74, 6) is 1.36. The van der Waals surface area contributed by atoms with Gasteiger partial charge < -0.3 is 14.6 Å². The Morgan fingerprint density at radius 1 is 1.20 bits per heavy atom. The van der Waals surface area contributed by atoms with Crippen LogP contribution in [0.25, 0.3) is 0 Å². The number of nitrogens with zero attached hydrogens (tertiary/aromatic N) is 3. The van der Waals surface area contributed by atoms with Gasteiger partial charge in [0.1, 0.15) is 23.1 Å². The van der Waals surface area contributed by atoms with Crippen molar-refractivity contribution in [2.75, 3.05) is 5.32 Å². The minimum atomic E-state index is -0.125. The first kappa shape index (κ1) is 17.1. The van der Waals surface area contributed by atoms with E-state index in [9.17, 15) is 4.79 Å². The maximum atomic E-state index is 12.0. The van der Waals surface area contributed by atoms with Crippen molar-refractivity contribution >= 4 is 22.4 Å². The Labute approximate surface area is 149 Å². The summed E-state index contributed by atoms with van der Waals surface area (Å²) in [6.07, 6.45) is 0.267. The van der Waals surface area contributed by atoms with Crippen molar-refractivity contribution in [1.82, 2.24) is 15.4 Å². The average Bonchev–Trinajstić information content (AvgIpc) is 3.12. The van der Waals surface area contributed by atoms with E-state index >= 15 is 0 Å². The van der Waals surface area contributed by atoms with Crippen LogP contribution < -0.4 is 10.1 Å². The lowest BCUT2D eigenvalue weighted by Gasteiger charge is -2.07. The Morgan fingerprint density at radius 3 is 2.56 bits per heavy atom. The largest absolute Gasteiger partial charge is 0.489 e. The molecule has 1 N–H and O–H groups in total. The molecule has 0 saturated carbocycles. The van der Waals surface area contributed by atoms with E-state index in [2.05, 4.69) is 20.7 Å². The zero-order valence-corrected chi connectivity index (χ0v) is 15.0. The summed E-state index contributed by atoms with van der Waals surface area (Å²) >= 11 is 1.35. The number of carbonyl (C=O) groups is 1. The molecule has 0 aliphatic carbocycles. The van der Waals surface area contributed by atoms with Crippen molar-refractivity contribution in [3.05, 3.63) is 51.9 Å². The third-order valence-corrected chi connectivity index (χ3v) is 4.38. The molecule has 2 heterocycles. The highest BCUT2D eigenvalue weighted by molar-refractivity contribution is 7.15. The molecule has 7 nitrogen and oxygen atoms in total. The third-order valence-electron chi connectivity index (χ3n) is 3.62. The predicted octanol–water partition coefficient (Wildman–Crippen LogP) is 3.21. The summed E-state index contributed by atoms with van der Waals surface area (Å²) in [5, 5.41) is 15.7. The molecule has 0 saturated heterocycles. The van der Waals surface area contributed by atoms with Gasteiger partial charge in [-0.2, -0.15) is 0 Å². The van der Waals surface area contributed by atoms with Crippen LogP contribution in [0.4, 0.5) is 5.13 Å². The Balaban J connectivity index is 1.54. The van der Waals surface area contributed by atoms with Gasteiger partial charge >= 0.3 is 0 Å². The molecular weight excluding hydrogens is 340 g/mol. The maximum Gasteiger partial charge on any atom is 0.230 e. The second-order valence-corrected chi connectivity index (χ2v) is 6.77. The van der Waals surface area contributed by atoms with Crippen molar-refractivity contribution in [2.24, 2.45) is 0 Å². The van der Waals surface area contributed by atoms with Gasteiger partial charge in [0.05, 0.1) is 17.7 Å². The zero-order valence-electron chi connectivity index (χ0n) is 14.2. The molecule has 0 aliphatic rings. The molecule has 2 aromatic heterocycles. The lowest BCUT2D eigenvalue weighted by Crippen LogP contribution is -2.14. The quantitative estimate of drug-likeness (QED) is 0.728. The fourth-order valence-electron chi connectivity index (χ4n) is 2.26. The molecule has 130 valence electrons. The molecule has 0 radical (unpaired) electrons. The SMILES string of the molecule is Cc1nnc(NC(=O)Cc2ccc(OCc3c(C)noc3C)cc2)s1. The van der Waals surface area contributed by atoms with Crippen molar-refractivity contribution in [3.8, 4) is 5.75 Å². The highest BCUT2D eigenvalue weighted by Crippen LogP contribution is 2.19. The fourth-order valence-corrected chi connectivity index (χ4v) is 2.87. The Hall–Kier alpha value is -2.74. The van der Waals surface area contributed by atoms with Crippen LogP contribution in [0, 0.1) is 20.8 Å². The molecule has 8 heteroatoms. The lowest BCUT2D eigenvalue weighted by atomic mass is 10.1. The van der Waals surface area contributed by atoms with Gasteiger partial charge in [-0.15, -0.1) is 10.2 Å². The molecule has 0 unspecified atom stereocenters. The van der Waals surface area contributed by atoms with Crippen LogP contribution in [0.5, 0.6) is 5.75 Å². The van der Waals surface area contributed by atoms with Crippen LogP contribution in [0.2, 0.25) is 0 Å². The number of aryl methyl sites for hydroxylation is 3. The molecule has 0 spiro atoms. The number of rotatable bonds is 6. The van der Waals surface area contributed by atoms with Gasteiger partial charge in [0.25, 0.3) is 0 Å². The van der Waals surface area contributed by atoms with Gasteiger partial charge in [-0.3, -0.25) is 4.79 Å². The van der Waals surface area contributed by atoms with Gasteiger partial charge in [-0.1, -0.05) is 28.6 Å². The summed E-state index contributed by atoms with van der Waals surface area (Å²) in [5.41, 5.74) is 2.68. The number of hydrogen-bond donors (Lipinski definition) is 1. The maximum absolute atomic E-state index is 12.0. The molecule has 25 heavy (non-hydrogen) atoms. The molecule has 0 bridgehead atoms. The highest BCUT2D eigenvalue weighted by atomic mass is 32.1. The fraction of sp³-hybridized carbons (Fsp3) is 0.294. The van der Waals surface area contributed by atoms with Gasteiger partial charge in [0.2, 0.25) is 11.0 Å². The summed E-state index contributed by atoms with van der Waals surface area (Å²) in [6.45, 7) is 5.99. The molecule has 0 atom stereocenters. The number of anilines is 1. The van der Waals surface area contributed by atoms with E-state index in [0.717, 1.165) is 33.3 Å². The number of carbonyl (C=O) groups excluding carboxylic acids is 1. The minimum Gasteiger partial charge on any atom is -0.489 e. The molecule has 3 aromatic rings. The third kappa shape index (κ3) is 4.42. The van der Waals surface area contributed by atoms with Gasteiger partial charge in [0, 0.05) is 0 Å². The van der Waals surface area contributed by atoms with Gasteiger partial charge in [0.15, 0.2) is 0 Å². The second kappa shape index (κ2) is 7.43. The monoisotopic (exact) mass is 358 g/mol. The van der Waals surface area contributed by atoms with E-state index in [0.29, 0.717) is 11.7 Å². The van der Waals surface area contributed by atoms with E-state index in [-0.39, 0.29) is 12.3 Å². The zero-order chi connectivity index (χ0) is 17.8. The van der Waals surface area contributed by atoms with Crippen molar-refractivity contribution in [1.29, 1.82) is 0 Å². The number of hydrogen-bond acceptors (Lipinski definition) is 7. The van der Waals surface area contributed by atoms with E-state index < -0.39 is 0 Å². The molecule has 0 fully saturated rings. The number of aromatic nitrogens is 3. The molecule has 0 aliphatic heterocycles. The number of benzene rings is 1. The summed E-state index contributed by atoms with van der Waals surface area (Å²) < 4.78 is 10.9. The summed E-state index contributed by atoms with van der Waals surface area (Å²) in [4.78, 5) is 12.0. The lowest BCUT2D eigenvalue weighted by molar-refractivity contribution is -0.115. The van der Waals surface area contributed by atoms with Crippen LogP contribution in [0.3, 0.4) is 0 Å². The van der Waals surface area contributed by atoms with E-state index in [1.54, 1.807) is 0 Å². The predicted molar refractivity (Wildman–Crippen MR) is 93.7 cm³/mol. The average molecular weight is 358 g/mol. The van der Waals surface area contributed by atoms with Crippen LogP contribution in [-0.4, -0.2) is 21.3 Å². The molecule has 1 amide bonds. The van der Waals surface area contributed by atoms with E-state index in [1.807, 2.05) is 45.0 Å². The summed E-state index contributed by atoms with van der Waals surface area (Å²) in [6, 6.07) is 7.42. The Bertz CT molecular complexity index is 851. The number of ether oxygens (including phenoxy) is 1. The first-order chi connectivity index (χ1) is 12.0. The first-order valence-electron chi connectivity index (χ1n) is 7.74. The highest BCUT2D eigenvalue weighted by Gasteiger charge is 2.10. The topological polar surface area (TPSA) is 90.1 Å². The normalized spacial score (nSPS) is 10.7. The van der Waals surface area contributed by atoms with E-state index in [1.165, 1.54) is 11.3 Å². The minimum absolute atomic E-state index is 0.125. The van der Waals surface area contributed by atoms with Crippen LogP contribution in [0.1, 0.15) is 27.6 Å². The van der Waals surface area contributed by atoms with Crippen molar-refractivity contribution in [3.63, 3.8) is 0 Å². The van der Waals surface area contributed by atoms with Crippen molar-refractivity contribution in [2.45, 2.75) is 33.8 Å². The first-order valence-corrected chi connectivity index (χ1v) is 8.56. The number of nitrogens with one attached hydrogen (secondary N) is 1. The smallest absolute Gasteiger partial charge is 0.230 e. The summed E-state index contributed by atoms with van der Waals surface area (Å²) in [7, 11) is 0. The molecule has 1 aromatic carbocycles. The second-order valence-electron chi connectivity index (χ2n) is 5.59. The Morgan fingerprint density at radius 2 is 1.96 bits per heavy atom. The van der Waals surface area contributed by atoms with Gasteiger partial charge in [-0.05, 0) is 38.5 Å². The Kier molecular flexibility index (Phi) is 5.08. The molecule has 3 rings (SSSR count). The standard InChI is InChI=1S/C17H18N4O3S/c1-10-15(11(2)24-21-10)9-23-14-6-4-13(5-7-14)8-16(22)18-17-20-19-12(3)25-17/h4-7H,8-9H2,1-3H3,(H,18,20,22). The molecular formula is C17H18N4O3S. The van der Waals surface area contributed by atoms with Crippen LogP contribution in [-0.2, 0) is 17.8 Å². The van der Waals surface area contributed by atoms with Crippen LogP contribution >= 0.6 is 11.3 Å². The van der Waals surface area contributed by atoms with Gasteiger partial charge in [-0.25, -0.2) is 0 Å². The van der Waals surface area contributed by atoms with Crippen LogP contribution in [0.15, 0.2) is 28.8 Å². The van der Waals surface area contributed by atoms with Crippen molar-refractivity contribution < 1.29 is 14.1 Å². The van der Waals surface area contributed by atoms with E-state index in [4.69, 9.17) is 9.26 Å². The number of amides is 1.